The van der Waals surface area contributed by atoms with Crippen molar-refractivity contribution in [3.63, 3.8) is 0 Å². The van der Waals surface area contributed by atoms with E-state index < -0.39 is 11.9 Å². The average molecular weight is 291 g/mol. The number of aliphatic hydroxyl groups excluding tert-OH is 1. The topological polar surface area (TPSA) is 41.3 Å². The number of aromatic nitrogens is 2. The van der Waals surface area contributed by atoms with Crippen LogP contribution in [0.1, 0.15) is 31.0 Å². The molecule has 1 saturated heterocycles. The van der Waals surface area contributed by atoms with Gasteiger partial charge in [0.05, 0.1) is 6.20 Å². The number of aliphatic hydroxyl groups is 1. The van der Waals surface area contributed by atoms with E-state index in [9.17, 15) is 18.3 Å². The van der Waals surface area contributed by atoms with Crippen molar-refractivity contribution in [2.45, 2.75) is 32.5 Å². The summed E-state index contributed by atoms with van der Waals surface area (Å²) < 4.78 is 39.9. The van der Waals surface area contributed by atoms with E-state index >= 15 is 0 Å². The van der Waals surface area contributed by atoms with Crippen LogP contribution in [0.25, 0.3) is 0 Å². The molecule has 4 nitrogen and oxygen atoms in total. The summed E-state index contributed by atoms with van der Waals surface area (Å²) in [4.78, 5) is 1.96. The van der Waals surface area contributed by atoms with Crippen molar-refractivity contribution in [1.82, 2.24) is 14.7 Å². The van der Waals surface area contributed by atoms with Crippen molar-refractivity contribution in [1.29, 1.82) is 0 Å². The summed E-state index contributed by atoms with van der Waals surface area (Å²) in [7, 11) is 1.31. The lowest BCUT2D eigenvalue weighted by Gasteiger charge is -2.39. The molecule has 114 valence electrons. The van der Waals surface area contributed by atoms with Crippen molar-refractivity contribution < 1.29 is 18.3 Å². The number of halogens is 3. The summed E-state index contributed by atoms with van der Waals surface area (Å²) in [6.07, 6.45) is -1.32. The Hall–Kier alpha value is -1.08. The molecule has 1 aliphatic rings. The lowest BCUT2D eigenvalue weighted by molar-refractivity contribution is -0.144. The number of hydrogen-bond acceptors (Lipinski definition) is 3. The summed E-state index contributed by atoms with van der Waals surface area (Å²) in [5, 5.41) is 13.1. The van der Waals surface area contributed by atoms with Crippen molar-refractivity contribution in [2.75, 3.05) is 19.7 Å². The van der Waals surface area contributed by atoms with Gasteiger partial charge in [-0.05, 0) is 19.4 Å². The zero-order chi connectivity index (χ0) is 15.0. The summed E-state index contributed by atoms with van der Waals surface area (Å²) in [5.74, 6) is 0. The third kappa shape index (κ3) is 3.15. The van der Waals surface area contributed by atoms with Gasteiger partial charge in [0, 0.05) is 37.7 Å². The molecule has 1 aromatic heterocycles. The van der Waals surface area contributed by atoms with Crippen LogP contribution in [0, 0.1) is 5.41 Å². The van der Waals surface area contributed by atoms with Gasteiger partial charge >= 0.3 is 6.18 Å². The monoisotopic (exact) mass is 291 g/mol. The van der Waals surface area contributed by atoms with Gasteiger partial charge in [0.25, 0.3) is 0 Å². The van der Waals surface area contributed by atoms with Crippen LogP contribution < -0.4 is 0 Å². The Bertz CT molecular complexity index is 472. The maximum atomic E-state index is 13.0. The average Bonchev–Trinajstić information content (AvgIpc) is 2.70. The molecule has 2 rings (SSSR count). The maximum absolute atomic E-state index is 13.0. The molecular weight excluding hydrogens is 271 g/mol. The van der Waals surface area contributed by atoms with E-state index in [1.807, 2.05) is 11.8 Å². The third-order valence-electron chi connectivity index (χ3n) is 3.92. The Morgan fingerprint density at radius 3 is 2.75 bits per heavy atom. The Morgan fingerprint density at radius 2 is 2.15 bits per heavy atom. The number of aryl methyl sites for hydroxylation is 1. The van der Waals surface area contributed by atoms with Gasteiger partial charge in [-0.15, -0.1) is 0 Å². The van der Waals surface area contributed by atoms with Gasteiger partial charge in [0.15, 0.2) is 0 Å². The lowest BCUT2D eigenvalue weighted by atomic mass is 9.82. The molecule has 2 heterocycles. The first kappa shape index (κ1) is 15.3. The third-order valence-corrected chi connectivity index (χ3v) is 3.92. The second-order valence-corrected chi connectivity index (χ2v) is 5.92. The smallest absolute Gasteiger partial charge is 0.396 e. The van der Waals surface area contributed by atoms with E-state index in [-0.39, 0.29) is 24.1 Å². The van der Waals surface area contributed by atoms with Crippen molar-refractivity contribution in [2.24, 2.45) is 12.5 Å². The van der Waals surface area contributed by atoms with Crippen LogP contribution in [0.15, 0.2) is 6.20 Å². The van der Waals surface area contributed by atoms with Crippen molar-refractivity contribution in [3.8, 4) is 0 Å². The zero-order valence-corrected chi connectivity index (χ0v) is 11.7. The molecule has 1 aromatic rings. The van der Waals surface area contributed by atoms with Gasteiger partial charge in [-0.25, -0.2) is 0 Å². The fraction of sp³-hybridized carbons (Fsp3) is 0.769. The molecule has 0 amide bonds. The van der Waals surface area contributed by atoms with E-state index in [0.29, 0.717) is 6.54 Å². The Labute approximate surface area is 116 Å². The minimum Gasteiger partial charge on any atom is -0.396 e. The van der Waals surface area contributed by atoms with E-state index in [1.54, 1.807) is 0 Å². The van der Waals surface area contributed by atoms with Crippen LogP contribution in [-0.2, 0) is 19.8 Å². The predicted octanol–water partition coefficient (Wildman–Crippen LogP) is 2.03. The second kappa shape index (κ2) is 5.37. The molecule has 1 aliphatic heterocycles. The lowest BCUT2D eigenvalue weighted by Crippen LogP contribution is -2.43. The molecule has 1 unspecified atom stereocenters. The predicted molar refractivity (Wildman–Crippen MR) is 67.9 cm³/mol. The quantitative estimate of drug-likeness (QED) is 0.926. The first-order valence-corrected chi connectivity index (χ1v) is 6.66. The highest BCUT2D eigenvalue weighted by Gasteiger charge is 2.38. The molecule has 7 heteroatoms. The minimum atomic E-state index is -4.39. The SMILES string of the molecule is Cn1ncc(CN2CCCC(C)(CO)C2)c1C(F)(F)F. The number of piperidine rings is 1. The Kier molecular flexibility index (Phi) is 4.11. The summed E-state index contributed by atoms with van der Waals surface area (Å²) in [5.41, 5.74) is -0.713. The number of nitrogens with zero attached hydrogens (tertiary/aromatic N) is 3. The first-order chi connectivity index (χ1) is 9.25. The molecule has 0 radical (unpaired) electrons. The molecule has 1 N–H and O–H groups in total. The van der Waals surface area contributed by atoms with Crippen LogP contribution >= 0.6 is 0 Å². The zero-order valence-electron chi connectivity index (χ0n) is 11.7. The Morgan fingerprint density at radius 1 is 1.45 bits per heavy atom. The fourth-order valence-corrected chi connectivity index (χ4v) is 2.90. The largest absolute Gasteiger partial charge is 0.433 e. The van der Waals surface area contributed by atoms with Gasteiger partial charge < -0.3 is 5.11 Å². The molecule has 20 heavy (non-hydrogen) atoms. The van der Waals surface area contributed by atoms with Gasteiger partial charge in [-0.1, -0.05) is 6.92 Å². The number of hydrogen-bond donors (Lipinski definition) is 1. The molecule has 1 atom stereocenters. The number of alkyl halides is 3. The molecule has 0 aliphatic carbocycles. The molecule has 0 aromatic carbocycles. The molecule has 0 spiro atoms. The van der Waals surface area contributed by atoms with Gasteiger partial charge in [-0.3, -0.25) is 9.58 Å². The molecule has 1 fully saturated rings. The highest BCUT2D eigenvalue weighted by Crippen LogP contribution is 2.34. The minimum absolute atomic E-state index is 0.0582. The summed E-state index contributed by atoms with van der Waals surface area (Å²) in [6.45, 7) is 3.60. The highest BCUT2D eigenvalue weighted by atomic mass is 19.4. The van der Waals surface area contributed by atoms with E-state index in [0.717, 1.165) is 24.1 Å². The standard InChI is InChI=1S/C13H20F3N3O/c1-12(9-20)4-3-5-19(8-12)7-10-6-17-18(2)11(10)13(14,15)16/h6,20H,3-5,7-9H2,1-2H3. The van der Waals surface area contributed by atoms with E-state index in [2.05, 4.69) is 5.10 Å². The number of likely N-dealkylation sites (tertiary alicyclic amines) is 1. The fourth-order valence-electron chi connectivity index (χ4n) is 2.90. The summed E-state index contributed by atoms with van der Waals surface area (Å²) in [6, 6.07) is 0. The van der Waals surface area contributed by atoms with Gasteiger partial charge in [-0.2, -0.15) is 18.3 Å². The maximum Gasteiger partial charge on any atom is 0.433 e. The highest BCUT2D eigenvalue weighted by molar-refractivity contribution is 5.20. The van der Waals surface area contributed by atoms with Crippen LogP contribution in [0.5, 0.6) is 0 Å². The van der Waals surface area contributed by atoms with Crippen LogP contribution in [0.3, 0.4) is 0 Å². The van der Waals surface area contributed by atoms with Gasteiger partial charge in [0.1, 0.15) is 5.69 Å². The van der Waals surface area contributed by atoms with Crippen molar-refractivity contribution in [3.05, 3.63) is 17.5 Å². The first-order valence-electron chi connectivity index (χ1n) is 6.66. The Balaban J connectivity index is 2.15. The number of rotatable bonds is 3. The van der Waals surface area contributed by atoms with Crippen LogP contribution in [0.4, 0.5) is 13.2 Å². The van der Waals surface area contributed by atoms with E-state index in [4.69, 9.17) is 0 Å². The molecule has 0 bridgehead atoms. The summed E-state index contributed by atoms with van der Waals surface area (Å²) >= 11 is 0. The van der Waals surface area contributed by atoms with Crippen LogP contribution in [0.2, 0.25) is 0 Å². The van der Waals surface area contributed by atoms with Crippen LogP contribution in [-0.4, -0.2) is 39.5 Å². The normalized spacial score (nSPS) is 25.1. The molecule has 0 saturated carbocycles. The van der Waals surface area contributed by atoms with Crippen molar-refractivity contribution >= 4 is 0 Å². The van der Waals surface area contributed by atoms with E-state index in [1.165, 1.54) is 13.2 Å². The molecular formula is C13H20F3N3O. The van der Waals surface area contributed by atoms with Gasteiger partial charge in [0.2, 0.25) is 0 Å². The second-order valence-electron chi connectivity index (χ2n) is 5.92.